The first-order valence-electron chi connectivity index (χ1n) is 8.96. The molecular formula is C20H21N5O2. The number of hydrogen-bond acceptors (Lipinski definition) is 6. The number of fused-ring (bicyclic) bond motifs is 1. The third kappa shape index (κ3) is 3.67. The molecule has 4 rings (SSSR count). The fraction of sp³-hybridized carbons (Fsp3) is 0.300. The Labute approximate surface area is 157 Å². The number of hydrogen-bond donors (Lipinski definition) is 1. The lowest BCUT2D eigenvalue weighted by Crippen LogP contribution is -2.35. The van der Waals surface area contributed by atoms with E-state index < -0.39 is 0 Å². The van der Waals surface area contributed by atoms with Crippen LogP contribution in [0.15, 0.2) is 40.9 Å². The largest absolute Gasteiger partial charge is 0.465 e. The van der Waals surface area contributed by atoms with Gasteiger partial charge >= 0.3 is 0 Å². The maximum absolute atomic E-state index is 11.8. The number of nitrogens with one attached hydrogen (secondary N) is 1. The number of carbonyl (C=O) groups is 1. The lowest BCUT2D eigenvalue weighted by atomic mass is 10.0. The van der Waals surface area contributed by atoms with E-state index in [1.807, 2.05) is 37.3 Å². The molecule has 7 nitrogen and oxygen atoms in total. The van der Waals surface area contributed by atoms with Gasteiger partial charge in [0.25, 0.3) is 0 Å². The minimum atomic E-state index is 0.0548. The Morgan fingerprint density at radius 1 is 1.26 bits per heavy atom. The molecule has 0 bridgehead atoms. The second-order valence-corrected chi connectivity index (χ2v) is 6.59. The van der Waals surface area contributed by atoms with E-state index in [2.05, 4.69) is 10.3 Å². The number of nitrogens with zero attached hydrogens (tertiary/aromatic N) is 4. The Bertz CT molecular complexity index is 968. The predicted octanol–water partition coefficient (Wildman–Crippen LogP) is 2.96. The highest BCUT2D eigenvalue weighted by atomic mass is 16.3. The van der Waals surface area contributed by atoms with Crippen LogP contribution in [0, 0.1) is 6.92 Å². The molecule has 4 heterocycles. The standard InChI is InChI=1S/C20H21N5O2/c1-13-6-7-15(27-13)11-22-19-16-8-10-25(14(2)26)12-18(16)23-20(24-19)17-5-3-4-9-21-17/h3-7,9H,8,10-12H2,1-2H3,(H,22,23,24). The lowest BCUT2D eigenvalue weighted by Gasteiger charge is -2.28. The number of carbonyl (C=O) groups excluding carboxylic acids is 1. The molecule has 0 aliphatic carbocycles. The van der Waals surface area contributed by atoms with Crippen LogP contribution in [0.2, 0.25) is 0 Å². The monoisotopic (exact) mass is 363 g/mol. The van der Waals surface area contributed by atoms with Crippen LogP contribution in [0.4, 0.5) is 5.82 Å². The number of amides is 1. The van der Waals surface area contributed by atoms with Gasteiger partial charge in [-0.3, -0.25) is 9.78 Å². The molecule has 138 valence electrons. The van der Waals surface area contributed by atoms with Crippen LogP contribution in [0.3, 0.4) is 0 Å². The molecule has 0 fully saturated rings. The van der Waals surface area contributed by atoms with Crippen molar-refractivity contribution in [1.82, 2.24) is 19.9 Å². The molecule has 7 heteroatoms. The molecule has 3 aromatic heterocycles. The van der Waals surface area contributed by atoms with E-state index in [1.54, 1.807) is 18.0 Å². The Kier molecular flexibility index (Phi) is 4.58. The minimum absolute atomic E-state index is 0.0548. The van der Waals surface area contributed by atoms with Crippen molar-refractivity contribution in [2.45, 2.75) is 33.4 Å². The number of pyridine rings is 1. The summed E-state index contributed by atoms with van der Waals surface area (Å²) in [6.07, 6.45) is 2.44. The van der Waals surface area contributed by atoms with Gasteiger partial charge in [0.1, 0.15) is 23.0 Å². The van der Waals surface area contributed by atoms with Crippen LogP contribution in [-0.2, 0) is 24.3 Å². The molecule has 1 aliphatic heterocycles. The van der Waals surface area contributed by atoms with Crippen molar-refractivity contribution in [3.05, 3.63) is 59.3 Å². The second-order valence-electron chi connectivity index (χ2n) is 6.59. The highest BCUT2D eigenvalue weighted by Gasteiger charge is 2.24. The average molecular weight is 363 g/mol. The number of aryl methyl sites for hydroxylation is 1. The van der Waals surface area contributed by atoms with E-state index in [0.717, 1.165) is 35.0 Å². The zero-order valence-electron chi connectivity index (χ0n) is 15.4. The first kappa shape index (κ1) is 17.2. The molecule has 3 aromatic rings. The fourth-order valence-corrected chi connectivity index (χ4v) is 3.21. The number of anilines is 1. The molecule has 0 saturated heterocycles. The molecule has 0 aromatic carbocycles. The Balaban J connectivity index is 1.70. The molecule has 0 atom stereocenters. The summed E-state index contributed by atoms with van der Waals surface area (Å²) in [5, 5.41) is 3.38. The van der Waals surface area contributed by atoms with Gasteiger partial charge in [-0.1, -0.05) is 6.07 Å². The molecular weight excluding hydrogens is 342 g/mol. The summed E-state index contributed by atoms with van der Waals surface area (Å²) in [7, 11) is 0. The Morgan fingerprint density at radius 3 is 2.85 bits per heavy atom. The van der Waals surface area contributed by atoms with Crippen molar-refractivity contribution < 1.29 is 9.21 Å². The summed E-state index contributed by atoms with van der Waals surface area (Å²) in [6, 6.07) is 9.54. The van der Waals surface area contributed by atoms with E-state index in [-0.39, 0.29) is 5.91 Å². The van der Waals surface area contributed by atoms with Gasteiger partial charge in [-0.2, -0.15) is 0 Å². The first-order chi connectivity index (χ1) is 13.1. The third-order valence-corrected chi connectivity index (χ3v) is 4.63. The maximum Gasteiger partial charge on any atom is 0.219 e. The quantitative estimate of drug-likeness (QED) is 0.767. The van der Waals surface area contributed by atoms with E-state index in [1.165, 1.54) is 0 Å². The molecule has 1 amide bonds. The van der Waals surface area contributed by atoms with Crippen LogP contribution in [-0.4, -0.2) is 32.3 Å². The van der Waals surface area contributed by atoms with Crippen LogP contribution < -0.4 is 5.32 Å². The van der Waals surface area contributed by atoms with Gasteiger partial charge in [0.15, 0.2) is 5.82 Å². The van der Waals surface area contributed by atoms with Crippen LogP contribution in [0.1, 0.15) is 29.7 Å². The summed E-state index contributed by atoms with van der Waals surface area (Å²) >= 11 is 0. The molecule has 0 unspecified atom stereocenters. The summed E-state index contributed by atoms with van der Waals surface area (Å²) in [6.45, 7) is 5.20. The molecule has 27 heavy (non-hydrogen) atoms. The van der Waals surface area contributed by atoms with Crippen molar-refractivity contribution in [3.8, 4) is 11.5 Å². The first-order valence-corrected chi connectivity index (χ1v) is 8.96. The topological polar surface area (TPSA) is 84.2 Å². The van der Waals surface area contributed by atoms with Crippen molar-refractivity contribution in [2.24, 2.45) is 0 Å². The van der Waals surface area contributed by atoms with Gasteiger partial charge in [0, 0.05) is 25.2 Å². The van der Waals surface area contributed by atoms with E-state index in [9.17, 15) is 4.79 Å². The Hall–Kier alpha value is -3.22. The summed E-state index contributed by atoms with van der Waals surface area (Å²) in [5.74, 6) is 3.11. The second kappa shape index (κ2) is 7.19. The number of rotatable bonds is 4. The highest BCUT2D eigenvalue weighted by Crippen LogP contribution is 2.27. The highest BCUT2D eigenvalue weighted by molar-refractivity contribution is 5.74. The molecule has 1 aliphatic rings. The van der Waals surface area contributed by atoms with Crippen LogP contribution in [0.5, 0.6) is 0 Å². The van der Waals surface area contributed by atoms with Crippen LogP contribution >= 0.6 is 0 Å². The van der Waals surface area contributed by atoms with Crippen molar-refractivity contribution >= 4 is 11.7 Å². The van der Waals surface area contributed by atoms with Gasteiger partial charge in [0.2, 0.25) is 5.91 Å². The number of furan rings is 1. The summed E-state index contributed by atoms with van der Waals surface area (Å²) in [5.41, 5.74) is 2.62. The van der Waals surface area contributed by atoms with Crippen molar-refractivity contribution in [1.29, 1.82) is 0 Å². The van der Waals surface area contributed by atoms with Gasteiger partial charge in [-0.15, -0.1) is 0 Å². The fourth-order valence-electron chi connectivity index (χ4n) is 3.21. The third-order valence-electron chi connectivity index (χ3n) is 4.63. The molecule has 0 saturated carbocycles. The predicted molar refractivity (Wildman–Crippen MR) is 101 cm³/mol. The zero-order chi connectivity index (χ0) is 18.8. The number of aromatic nitrogens is 3. The van der Waals surface area contributed by atoms with Gasteiger partial charge in [-0.05, 0) is 37.6 Å². The van der Waals surface area contributed by atoms with Crippen molar-refractivity contribution in [2.75, 3.05) is 11.9 Å². The lowest BCUT2D eigenvalue weighted by molar-refractivity contribution is -0.129. The smallest absolute Gasteiger partial charge is 0.219 e. The van der Waals surface area contributed by atoms with E-state index in [4.69, 9.17) is 14.4 Å². The Morgan fingerprint density at radius 2 is 2.15 bits per heavy atom. The average Bonchev–Trinajstić information content (AvgIpc) is 3.11. The zero-order valence-corrected chi connectivity index (χ0v) is 15.4. The van der Waals surface area contributed by atoms with Crippen molar-refractivity contribution in [3.63, 3.8) is 0 Å². The molecule has 1 N–H and O–H groups in total. The SMILES string of the molecule is CC(=O)N1CCc2c(nc(-c3ccccn3)nc2NCc2ccc(C)o2)C1. The summed E-state index contributed by atoms with van der Waals surface area (Å²) < 4.78 is 5.64. The minimum Gasteiger partial charge on any atom is -0.465 e. The van der Waals surface area contributed by atoms with Gasteiger partial charge in [-0.25, -0.2) is 9.97 Å². The summed E-state index contributed by atoms with van der Waals surface area (Å²) in [4.78, 5) is 27.4. The molecule has 0 spiro atoms. The maximum atomic E-state index is 11.8. The van der Waals surface area contributed by atoms with Crippen LogP contribution in [0.25, 0.3) is 11.5 Å². The van der Waals surface area contributed by atoms with Gasteiger partial charge in [0.05, 0.1) is 18.8 Å². The van der Waals surface area contributed by atoms with Gasteiger partial charge < -0.3 is 14.6 Å². The normalized spacial score (nSPS) is 13.3. The van der Waals surface area contributed by atoms with E-state index in [0.29, 0.717) is 31.2 Å². The van der Waals surface area contributed by atoms with E-state index >= 15 is 0 Å². The molecule has 0 radical (unpaired) electrons.